The molecule has 0 spiro atoms. The zero-order valence-corrected chi connectivity index (χ0v) is 15.0. The second-order valence-electron chi connectivity index (χ2n) is 6.83. The molecule has 2 heterocycles. The molecule has 4 rings (SSSR count). The number of pyridine rings is 2. The van der Waals surface area contributed by atoms with Crippen LogP contribution in [0.3, 0.4) is 0 Å². The number of aromatic nitrogens is 2. The molecule has 2 N–H and O–H groups in total. The number of ether oxygens (including phenoxy) is 1. The highest BCUT2D eigenvalue weighted by molar-refractivity contribution is 5.95. The van der Waals surface area contributed by atoms with Gasteiger partial charge in [-0.3, -0.25) is 4.79 Å². The lowest BCUT2D eigenvalue weighted by molar-refractivity contribution is -0.137. The number of hydrogen-bond donors (Lipinski definition) is 2. The number of amides is 1. The number of benzene rings is 1. The molecule has 2 aromatic heterocycles. The van der Waals surface area contributed by atoms with E-state index in [4.69, 9.17) is 4.74 Å². The van der Waals surface area contributed by atoms with E-state index in [9.17, 15) is 23.1 Å². The molecule has 1 aliphatic carbocycles. The topological polar surface area (TPSA) is 84.3 Å². The Kier molecular flexibility index (Phi) is 4.83. The van der Waals surface area contributed by atoms with Crippen molar-refractivity contribution in [3.8, 4) is 11.6 Å². The molecule has 9 heteroatoms. The van der Waals surface area contributed by atoms with Gasteiger partial charge in [0.2, 0.25) is 5.88 Å². The predicted octanol–water partition coefficient (Wildman–Crippen LogP) is 3.69. The van der Waals surface area contributed by atoms with Crippen LogP contribution >= 0.6 is 0 Å². The first kappa shape index (κ1) is 19.1. The van der Waals surface area contributed by atoms with Crippen LogP contribution in [0, 0.1) is 0 Å². The van der Waals surface area contributed by atoms with E-state index in [1.165, 1.54) is 0 Å². The Balaban J connectivity index is 1.47. The minimum atomic E-state index is -4.46. The van der Waals surface area contributed by atoms with E-state index in [0.717, 1.165) is 12.1 Å². The molecule has 29 heavy (non-hydrogen) atoms. The molecule has 0 unspecified atom stereocenters. The Labute approximate surface area is 163 Å². The molecule has 1 aliphatic rings. The van der Waals surface area contributed by atoms with E-state index in [1.807, 2.05) is 0 Å². The number of carbonyl (C=O) groups excluding carboxylic acids is 1. The van der Waals surface area contributed by atoms with Crippen molar-refractivity contribution in [2.75, 3.05) is 0 Å². The summed E-state index contributed by atoms with van der Waals surface area (Å²) in [6.45, 7) is 0. The lowest BCUT2D eigenvalue weighted by Gasteiger charge is -2.31. The van der Waals surface area contributed by atoms with Crippen molar-refractivity contribution in [2.45, 2.75) is 31.2 Å². The fourth-order valence-corrected chi connectivity index (χ4v) is 2.99. The highest BCUT2D eigenvalue weighted by atomic mass is 19.4. The van der Waals surface area contributed by atoms with Crippen LogP contribution in [-0.4, -0.2) is 33.1 Å². The van der Waals surface area contributed by atoms with Crippen molar-refractivity contribution in [3.63, 3.8) is 0 Å². The van der Waals surface area contributed by atoms with Crippen LogP contribution in [0.2, 0.25) is 0 Å². The summed E-state index contributed by atoms with van der Waals surface area (Å²) >= 11 is 0. The molecule has 1 amide bonds. The van der Waals surface area contributed by atoms with Crippen molar-refractivity contribution in [1.29, 1.82) is 0 Å². The number of alkyl halides is 3. The van der Waals surface area contributed by atoms with Crippen LogP contribution in [0.5, 0.6) is 11.6 Å². The average Bonchev–Trinajstić information content (AvgIpc) is 2.66. The maximum Gasteiger partial charge on any atom is 0.417 e. The Morgan fingerprint density at radius 1 is 1.14 bits per heavy atom. The number of fused-ring (bicyclic) bond motifs is 1. The molecule has 1 saturated carbocycles. The van der Waals surface area contributed by atoms with Crippen molar-refractivity contribution in [1.82, 2.24) is 15.3 Å². The fourth-order valence-electron chi connectivity index (χ4n) is 2.99. The van der Waals surface area contributed by atoms with E-state index in [-0.39, 0.29) is 29.6 Å². The van der Waals surface area contributed by atoms with Gasteiger partial charge < -0.3 is 15.2 Å². The third-order valence-corrected chi connectivity index (χ3v) is 4.63. The predicted molar refractivity (Wildman–Crippen MR) is 97.6 cm³/mol. The summed E-state index contributed by atoms with van der Waals surface area (Å²) in [4.78, 5) is 20.2. The minimum absolute atomic E-state index is 0.0315. The highest BCUT2D eigenvalue weighted by Crippen LogP contribution is 2.30. The SMILES string of the molecule is O=C(NC1CC(O)C1)c1ccc2cc(Oc3ccc(C(F)(F)F)cn3)ccc2n1. The van der Waals surface area contributed by atoms with Gasteiger partial charge in [0, 0.05) is 23.7 Å². The molecular weight excluding hydrogens is 387 g/mol. The van der Waals surface area contributed by atoms with Crippen LogP contribution in [0.15, 0.2) is 48.7 Å². The van der Waals surface area contributed by atoms with Gasteiger partial charge in [-0.1, -0.05) is 6.07 Å². The van der Waals surface area contributed by atoms with Crippen molar-refractivity contribution in [2.24, 2.45) is 0 Å². The summed E-state index contributed by atoms with van der Waals surface area (Å²) in [5.74, 6) is 0.106. The summed E-state index contributed by atoms with van der Waals surface area (Å²) in [6.07, 6.45) is -3.02. The van der Waals surface area contributed by atoms with E-state index < -0.39 is 11.7 Å². The van der Waals surface area contributed by atoms with Gasteiger partial charge in [-0.15, -0.1) is 0 Å². The Morgan fingerprint density at radius 3 is 2.59 bits per heavy atom. The second-order valence-corrected chi connectivity index (χ2v) is 6.83. The van der Waals surface area contributed by atoms with Gasteiger partial charge in [-0.05, 0) is 43.2 Å². The molecule has 0 atom stereocenters. The number of aliphatic hydroxyl groups is 1. The van der Waals surface area contributed by atoms with E-state index in [2.05, 4.69) is 15.3 Å². The molecular formula is C20H16F3N3O3. The standard InChI is InChI=1S/C20H16F3N3O3/c21-20(22,23)12-2-6-18(24-10-12)29-15-3-5-16-11(7-15)1-4-17(26-16)19(28)25-13-8-14(27)9-13/h1-7,10,13-14,27H,8-9H2,(H,25,28). The van der Waals surface area contributed by atoms with E-state index in [1.54, 1.807) is 30.3 Å². The summed E-state index contributed by atoms with van der Waals surface area (Å²) in [5.41, 5.74) is -0.0224. The van der Waals surface area contributed by atoms with Gasteiger partial charge in [0.05, 0.1) is 17.2 Å². The molecule has 150 valence electrons. The largest absolute Gasteiger partial charge is 0.439 e. The van der Waals surface area contributed by atoms with Gasteiger partial charge in [0.1, 0.15) is 11.4 Å². The zero-order chi connectivity index (χ0) is 20.6. The van der Waals surface area contributed by atoms with Crippen LogP contribution in [0.25, 0.3) is 10.9 Å². The summed E-state index contributed by atoms with van der Waals surface area (Å²) in [7, 11) is 0. The van der Waals surface area contributed by atoms with E-state index in [0.29, 0.717) is 35.7 Å². The van der Waals surface area contributed by atoms with Crippen molar-refractivity contribution >= 4 is 16.8 Å². The molecule has 0 saturated heterocycles. The van der Waals surface area contributed by atoms with Crippen molar-refractivity contribution in [3.05, 3.63) is 59.9 Å². The zero-order valence-electron chi connectivity index (χ0n) is 15.0. The molecule has 0 bridgehead atoms. The number of aliphatic hydroxyl groups excluding tert-OH is 1. The monoisotopic (exact) mass is 403 g/mol. The molecule has 1 fully saturated rings. The minimum Gasteiger partial charge on any atom is -0.439 e. The lowest BCUT2D eigenvalue weighted by atomic mass is 9.89. The molecule has 0 radical (unpaired) electrons. The normalized spacial score (nSPS) is 18.9. The van der Waals surface area contributed by atoms with Gasteiger partial charge in [0.15, 0.2) is 0 Å². The Hall–Kier alpha value is -3.20. The van der Waals surface area contributed by atoms with Gasteiger partial charge in [0.25, 0.3) is 5.91 Å². The van der Waals surface area contributed by atoms with Gasteiger partial charge >= 0.3 is 6.18 Å². The first-order chi connectivity index (χ1) is 13.8. The highest BCUT2D eigenvalue weighted by Gasteiger charge is 2.31. The number of carbonyl (C=O) groups is 1. The number of halogens is 3. The molecule has 6 nitrogen and oxygen atoms in total. The summed E-state index contributed by atoms with van der Waals surface area (Å²) in [6, 6.07) is 10.2. The van der Waals surface area contributed by atoms with Crippen LogP contribution in [0.4, 0.5) is 13.2 Å². The second kappa shape index (κ2) is 7.32. The van der Waals surface area contributed by atoms with Gasteiger partial charge in [-0.2, -0.15) is 13.2 Å². The first-order valence-corrected chi connectivity index (χ1v) is 8.89. The van der Waals surface area contributed by atoms with Crippen LogP contribution < -0.4 is 10.1 Å². The van der Waals surface area contributed by atoms with Crippen molar-refractivity contribution < 1.29 is 27.8 Å². The molecule has 3 aromatic rings. The first-order valence-electron chi connectivity index (χ1n) is 8.89. The number of nitrogens with one attached hydrogen (secondary N) is 1. The third kappa shape index (κ3) is 4.29. The van der Waals surface area contributed by atoms with Gasteiger partial charge in [-0.25, -0.2) is 9.97 Å². The Bertz CT molecular complexity index is 1050. The van der Waals surface area contributed by atoms with Crippen LogP contribution in [-0.2, 0) is 6.18 Å². The number of rotatable bonds is 4. The quantitative estimate of drug-likeness (QED) is 0.694. The number of hydrogen-bond acceptors (Lipinski definition) is 5. The summed E-state index contributed by atoms with van der Waals surface area (Å²) < 4.78 is 43.3. The molecule has 0 aliphatic heterocycles. The Morgan fingerprint density at radius 2 is 1.93 bits per heavy atom. The lowest BCUT2D eigenvalue weighted by Crippen LogP contribution is -2.46. The van der Waals surface area contributed by atoms with E-state index >= 15 is 0 Å². The average molecular weight is 403 g/mol. The maximum atomic E-state index is 12.6. The summed E-state index contributed by atoms with van der Waals surface area (Å²) in [5, 5.41) is 12.8. The third-order valence-electron chi connectivity index (χ3n) is 4.63. The van der Waals surface area contributed by atoms with Crippen LogP contribution in [0.1, 0.15) is 28.9 Å². The maximum absolute atomic E-state index is 12.6. The smallest absolute Gasteiger partial charge is 0.417 e. The molecule has 1 aromatic carbocycles. The fraction of sp³-hybridized carbons (Fsp3) is 0.250. The number of nitrogens with zero attached hydrogens (tertiary/aromatic N) is 2.